The predicted octanol–water partition coefficient (Wildman–Crippen LogP) is 8.05. The molecule has 0 spiro atoms. The summed E-state index contributed by atoms with van der Waals surface area (Å²) in [6.07, 6.45) is 1.03. The predicted molar refractivity (Wildman–Crippen MR) is 130 cm³/mol. The van der Waals surface area contributed by atoms with Gasteiger partial charge in [0.15, 0.2) is 5.13 Å². The zero-order chi connectivity index (χ0) is 20.5. The molecule has 0 atom stereocenters. The van der Waals surface area contributed by atoms with E-state index in [-0.39, 0.29) is 0 Å². The molecule has 30 heavy (non-hydrogen) atoms. The third-order valence-electron chi connectivity index (χ3n) is 4.88. The van der Waals surface area contributed by atoms with Crippen LogP contribution in [0.25, 0.3) is 32.0 Å². The molecule has 0 bridgehead atoms. The normalized spacial score (nSPS) is 11.1. The molecule has 5 aromatic rings. The Kier molecular flexibility index (Phi) is 5.25. The van der Waals surface area contributed by atoms with E-state index in [9.17, 15) is 0 Å². The van der Waals surface area contributed by atoms with Crippen molar-refractivity contribution in [1.29, 1.82) is 0 Å². The minimum atomic E-state index is 0.718. The number of aromatic nitrogens is 2. The van der Waals surface area contributed by atoms with Crippen LogP contribution in [0.3, 0.4) is 0 Å². The lowest BCUT2D eigenvalue weighted by molar-refractivity contribution is 1.15. The van der Waals surface area contributed by atoms with Crippen LogP contribution in [-0.4, -0.2) is 9.97 Å². The highest BCUT2D eigenvalue weighted by molar-refractivity contribution is 7.22. The summed E-state index contributed by atoms with van der Waals surface area (Å²) in [5, 5.41) is 8.06. The van der Waals surface area contributed by atoms with Crippen LogP contribution in [0, 0.1) is 0 Å². The zero-order valence-corrected chi connectivity index (χ0v) is 18.6. The van der Waals surface area contributed by atoms with Gasteiger partial charge < -0.3 is 5.32 Å². The van der Waals surface area contributed by atoms with Crippen molar-refractivity contribution in [2.24, 2.45) is 0 Å². The summed E-state index contributed by atoms with van der Waals surface area (Å²) in [4.78, 5) is 9.53. The number of benzene rings is 3. The van der Waals surface area contributed by atoms with Crippen LogP contribution >= 0.6 is 34.3 Å². The first-order valence-corrected chi connectivity index (χ1v) is 11.7. The van der Waals surface area contributed by atoms with Gasteiger partial charge in [-0.2, -0.15) is 0 Å². The monoisotopic (exact) mass is 447 g/mol. The van der Waals surface area contributed by atoms with Crippen LogP contribution < -0.4 is 5.32 Å². The number of nitrogens with one attached hydrogen (secondary N) is 1. The fraction of sp³-hybridized carbons (Fsp3) is 0.0833. The Bertz CT molecular complexity index is 1340. The average molecular weight is 448 g/mol. The number of fused-ring (bicyclic) bond motifs is 1. The van der Waals surface area contributed by atoms with Gasteiger partial charge in [0.05, 0.1) is 20.9 Å². The smallest absolute Gasteiger partial charge is 0.188 e. The van der Waals surface area contributed by atoms with Crippen molar-refractivity contribution in [2.45, 2.75) is 13.3 Å². The summed E-state index contributed by atoms with van der Waals surface area (Å²) in [6.45, 7) is 2.17. The summed E-state index contributed by atoms with van der Waals surface area (Å²) < 4.78 is 1.21. The van der Waals surface area contributed by atoms with Crippen molar-refractivity contribution in [3.63, 3.8) is 0 Å². The lowest BCUT2D eigenvalue weighted by atomic mass is 10.1. The molecule has 0 saturated heterocycles. The van der Waals surface area contributed by atoms with E-state index in [1.807, 2.05) is 36.4 Å². The van der Waals surface area contributed by atoms with E-state index in [4.69, 9.17) is 21.6 Å². The fourth-order valence-electron chi connectivity index (χ4n) is 3.29. The van der Waals surface area contributed by atoms with Gasteiger partial charge in [-0.1, -0.05) is 66.3 Å². The maximum atomic E-state index is 6.33. The maximum absolute atomic E-state index is 6.33. The third kappa shape index (κ3) is 3.84. The van der Waals surface area contributed by atoms with Crippen molar-refractivity contribution >= 4 is 55.3 Å². The quantitative estimate of drug-likeness (QED) is 0.296. The first-order valence-electron chi connectivity index (χ1n) is 9.67. The number of rotatable bonds is 5. The molecule has 3 aromatic carbocycles. The third-order valence-corrected chi connectivity index (χ3v) is 7.02. The summed E-state index contributed by atoms with van der Waals surface area (Å²) in [5.41, 5.74) is 6.32. The summed E-state index contributed by atoms with van der Waals surface area (Å²) in [5.74, 6) is 0. The molecule has 0 aliphatic heterocycles. The van der Waals surface area contributed by atoms with E-state index in [1.54, 1.807) is 22.7 Å². The number of anilines is 2. The first-order chi connectivity index (χ1) is 14.7. The molecule has 1 N–H and O–H groups in total. The van der Waals surface area contributed by atoms with Crippen LogP contribution in [0.4, 0.5) is 10.8 Å². The van der Waals surface area contributed by atoms with Crippen molar-refractivity contribution in [1.82, 2.24) is 9.97 Å². The van der Waals surface area contributed by atoms with Crippen LogP contribution in [0.1, 0.15) is 12.5 Å². The lowest BCUT2D eigenvalue weighted by Gasteiger charge is -2.04. The molecule has 2 heterocycles. The second kappa shape index (κ2) is 8.19. The topological polar surface area (TPSA) is 37.8 Å². The molecule has 0 saturated carbocycles. The Morgan fingerprint density at radius 1 is 0.967 bits per heavy atom. The Hall–Kier alpha value is -2.73. The Morgan fingerprint density at radius 3 is 2.73 bits per heavy atom. The summed E-state index contributed by atoms with van der Waals surface area (Å²) in [6, 6.07) is 22.5. The van der Waals surface area contributed by atoms with E-state index in [1.165, 1.54) is 10.3 Å². The minimum absolute atomic E-state index is 0.718. The number of nitrogens with zero attached hydrogens (tertiary/aromatic N) is 2. The molecule has 0 amide bonds. The number of halogens is 1. The number of hydrogen-bond acceptors (Lipinski definition) is 5. The molecule has 3 nitrogen and oxygen atoms in total. The zero-order valence-electron chi connectivity index (χ0n) is 16.2. The van der Waals surface area contributed by atoms with Gasteiger partial charge in [0.25, 0.3) is 0 Å². The standard InChI is InChI=1S/C24H18ClN3S2/c1-2-15-10-11-20-22(12-15)30-24(28-20)26-17-7-5-6-16(13-17)21-14-29-23(27-21)18-8-3-4-9-19(18)25/h3-14H,2H2,1H3,(H,26,28). The first kappa shape index (κ1) is 19.2. The second-order valence-electron chi connectivity index (χ2n) is 6.90. The molecular formula is C24H18ClN3S2. The molecule has 0 aliphatic carbocycles. The molecule has 6 heteroatoms. The molecule has 5 rings (SSSR count). The van der Waals surface area contributed by atoms with Gasteiger partial charge in [-0.15, -0.1) is 11.3 Å². The highest BCUT2D eigenvalue weighted by Crippen LogP contribution is 2.34. The van der Waals surface area contributed by atoms with Gasteiger partial charge in [-0.3, -0.25) is 0 Å². The number of aryl methyl sites for hydroxylation is 1. The van der Waals surface area contributed by atoms with Gasteiger partial charge in [-0.05, 0) is 42.3 Å². The molecule has 148 valence electrons. The molecule has 0 fully saturated rings. The van der Waals surface area contributed by atoms with Crippen LogP contribution in [0.5, 0.6) is 0 Å². The average Bonchev–Trinajstić information content (AvgIpc) is 3.40. The van der Waals surface area contributed by atoms with Crippen LogP contribution in [-0.2, 0) is 6.42 Å². The molecule has 0 aliphatic rings. The van der Waals surface area contributed by atoms with Crippen LogP contribution in [0.15, 0.2) is 72.1 Å². The maximum Gasteiger partial charge on any atom is 0.188 e. The largest absolute Gasteiger partial charge is 0.332 e. The highest BCUT2D eigenvalue weighted by atomic mass is 35.5. The van der Waals surface area contributed by atoms with E-state index in [2.05, 4.69) is 48.0 Å². The van der Waals surface area contributed by atoms with Gasteiger partial charge in [0.2, 0.25) is 0 Å². The van der Waals surface area contributed by atoms with E-state index in [0.717, 1.165) is 49.6 Å². The Balaban J connectivity index is 1.42. The van der Waals surface area contributed by atoms with Crippen molar-refractivity contribution in [3.05, 3.63) is 82.7 Å². The molecule has 2 aromatic heterocycles. The highest BCUT2D eigenvalue weighted by Gasteiger charge is 2.11. The van der Waals surface area contributed by atoms with E-state index < -0.39 is 0 Å². The Labute approximate surface area is 188 Å². The number of thiazole rings is 2. The minimum Gasteiger partial charge on any atom is -0.332 e. The lowest BCUT2D eigenvalue weighted by Crippen LogP contribution is -1.89. The van der Waals surface area contributed by atoms with Gasteiger partial charge in [-0.25, -0.2) is 9.97 Å². The Morgan fingerprint density at radius 2 is 1.87 bits per heavy atom. The fourth-order valence-corrected chi connectivity index (χ4v) is 5.39. The van der Waals surface area contributed by atoms with Crippen molar-refractivity contribution < 1.29 is 0 Å². The molecular weight excluding hydrogens is 430 g/mol. The SMILES string of the molecule is CCc1ccc2nc(Nc3cccc(-c4csc(-c5ccccc5Cl)n4)c3)sc2c1. The van der Waals surface area contributed by atoms with Crippen molar-refractivity contribution in [2.75, 3.05) is 5.32 Å². The van der Waals surface area contributed by atoms with Gasteiger partial charge >= 0.3 is 0 Å². The second-order valence-corrected chi connectivity index (χ2v) is 9.19. The van der Waals surface area contributed by atoms with Crippen molar-refractivity contribution in [3.8, 4) is 21.8 Å². The molecule has 0 radical (unpaired) electrons. The van der Waals surface area contributed by atoms with E-state index >= 15 is 0 Å². The van der Waals surface area contributed by atoms with Gasteiger partial charge in [0, 0.05) is 22.2 Å². The summed E-state index contributed by atoms with van der Waals surface area (Å²) >= 11 is 9.61. The number of hydrogen-bond donors (Lipinski definition) is 1. The van der Waals surface area contributed by atoms with Gasteiger partial charge in [0.1, 0.15) is 5.01 Å². The van der Waals surface area contributed by atoms with E-state index in [0.29, 0.717) is 0 Å². The van der Waals surface area contributed by atoms with Crippen LogP contribution in [0.2, 0.25) is 5.02 Å². The molecule has 0 unspecified atom stereocenters. The summed E-state index contributed by atoms with van der Waals surface area (Å²) in [7, 11) is 0.